The number of carbonyl (C=O) groups excluding carboxylic acids is 1. The molecule has 0 radical (unpaired) electrons. The normalized spacial score (nSPS) is 15.4. The first kappa shape index (κ1) is 22.8. The van der Waals surface area contributed by atoms with Crippen LogP contribution in [-0.2, 0) is 38.7 Å². The van der Waals surface area contributed by atoms with E-state index in [1.54, 1.807) is 36.4 Å². The summed E-state index contributed by atoms with van der Waals surface area (Å²) in [6, 6.07) is 12.3. The lowest BCUT2D eigenvalue weighted by Crippen LogP contribution is -2.33. The fourth-order valence-electron chi connectivity index (χ4n) is 3.54. The first-order chi connectivity index (χ1) is 15.7. The SMILES string of the molecule is O=C(O)Cc1cnc(S(=O)(=O)C2CCc3ccc(NC(=O)Cc4ccc(Cl)cc4)cc3N2)o1. The van der Waals surface area contributed by atoms with Gasteiger partial charge < -0.3 is 20.2 Å². The number of nitrogens with one attached hydrogen (secondary N) is 2. The average molecular weight is 490 g/mol. The number of benzene rings is 2. The van der Waals surface area contributed by atoms with Crippen LogP contribution in [0, 0.1) is 0 Å². The van der Waals surface area contributed by atoms with Crippen LogP contribution in [0.2, 0.25) is 5.02 Å². The first-order valence-electron chi connectivity index (χ1n) is 10.0. The third kappa shape index (κ3) is 5.35. The number of carbonyl (C=O) groups is 2. The number of hydrogen-bond acceptors (Lipinski definition) is 7. The Balaban J connectivity index is 1.46. The van der Waals surface area contributed by atoms with Crippen LogP contribution in [0.4, 0.5) is 11.4 Å². The number of hydrogen-bond donors (Lipinski definition) is 3. The minimum absolute atomic E-state index is 0.0389. The Morgan fingerprint density at radius 1 is 1.18 bits per heavy atom. The monoisotopic (exact) mass is 489 g/mol. The third-order valence-corrected chi connectivity index (χ3v) is 7.17. The summed E-state index contributed by atoms with van der Waals surface area (Å²) in [5, 5.41) is 13.7. The molecule has 0 saturated heterocycles. The zero-order valence-corrected chi connectivity index (χ0v) is 18.8. The van der Waals surface area contributed by atoms with Gasteiger partial charge in [-0.25, -0.2) is 13.4 Å². The molecule has 1 aromatic heterocycles. The number of amides is 1. The summed E-state index contributed by atoms with van der Waals surface area (Å²) in [6.07, 6.45) is 1.60. The highest BCUT2D eigenvalue weighted by Gasteiger charge is 2.35. The van der Waals surface area contributed by atoms with E-state index in [0.29, 0.717) is 22.8 Å². The van der Waals surface area contributed by atoms with Crippen molar-refractivity contribution in [2.24, 2.45) is 0 Å². The molecule has 33 heavy (non-hydrogen) atoms. The number of aliphatic carboxylic acids is 1. The van der Waals surface area contributed by atoms with Crippen LogP contribution in [0.3, 0.4) is 0 Å². The number of oxazole rings is 1. The zero-order chi connectivity index (χ0) is 23.6. The van der Waals surface area contributed by atoms with Crippen LogP contribution in [0.25, 0.3) is 0 Å². The smallest absolute Gasteiger partial charge is 0.317 e. The van der Waals surface area contributed by atoms with Crippen molar-refractivity contribution in [1.82, 2.24) is 4.98 Å². The van der Waals surface area contributed by atoms with Gasteiger partial charge in [-0.3, -0.25) is 9.59 Å². The number of carboxylic acid groups (broad SMARTS) is 1. The number of anilines is 2. The molecule has 1 unspecified atom stereocenters. The molecule has 1 atom stereocenters. The minimum Gasteiger partial charge on any atom is -0.481 e. The predicted octanol–water partition coefficient (Wildman–Crippen LogP) is 3.29. The Morgan fingerprint density at radius 2 is 1.94 bits per heavy atom. The van der Waals surface area contributed by atoms with Gasteiger partial charge in [0.15, 0.2) is 0 Å². The Labute approximate surface area is 194 Å². The Bertz CT molecular complexity index is 1300. The highest BCUT2D eigenvalue weighted by molar-refractivity contribution is 7.91. The van der Waals surface area contributed by atoms with Crippen molar-refractivity contribution in [3.63, 3.8) is 0 Å². The average Bonchev–Trinajstić information content (AvgIpc) is 3.23. The predicted molar refractivity (Wildman–Crippen MR) is 121 cm³/mol. The molecule has 0 saturated carbocycles. The summed E-state index contributed by atoms with van der Waals surface area (Å²) >= 11 is 5.87. The van der Waals surface area contributed by atoms with Gasteiger partial charge in [-0.05, 0) is 48.2 Å². The van der Waals surface area contributed by atoms with E-state index in [4.69, 9.17) is 21.1 Å². The molecule has 9 nitrogen and oxygen atoms in total. The van der Waals surface area contributed by atoms with E-state index in [-0.39, 0.29) is 24.5 Å². The third-order valence-electron chi connectivity index (χ3n) is 5.14. The summed E-state index contributed by atoms with van der Waals surface area (Å²) in [6.45, 7) is 0. The van der Waals surface area contributed by atoms with Gasteiger partial charge in [0, 0.05) is 16.4 Å². The molecule has 2 heterocycles. The Hall–Kier alpha value is -3.37. The quantitative estimate of drug-likeness (QED) is 0.459. The molecule has 2 aromatic carbocycles. The van der Waals surface area contributed by atoms with E-state index in [9.17, 15) is 18.0 Å². The molecule has 3 N–H and O–H groups in total. The number of nitrogens with zero attached hydrogens (tertiary/aromatic N) is 1. The van der Waals surface area contributed by atoms with E-state index in [1.807, 2.05) is 6.07 Å². The number of rotatable bonds is 7. The highest BCUT2D eigenvalue weighted by atomic mass is 35.5. The molecule has 0 aliphatic carbocycles. The van der Waals surface area contributed by atoms with Gasteiger partial charge >= 0.3 is 11.2 Å². The number of carboxylic acids is 1. The topological polar surface area (TPSA) is 139 Å². The van der Waals surface area contributed by atoms with E-state index < -0.39 is 32.8 Å². The number of halogens is 1. The van der Waals surface area contributed by atoms with Gasteiger partial charge in [0.25, 0.3) is 9.84 Å². The zero-order valence-electron chi connectivity index (χ0n) is 17.2. The standard InChI is InChI=1S/C22H20ClN3O6S/c23-15-5-1-13(2-6-15)9-19(27)25-16-7-3-14-4-8-20(26-18(14)10-16)33(30,31)22-24-12-17(32-22)11-21(28)29/h1-3,5-7,10,12,20,26H,4,8-9,11H2,(H,25,27)(H,28,29). The molecule has 4 rings (SSSR count). The molecule has 172 valence electrons. The van der Waals surface area contributed by atoms with E-state index in [1.165, 1.54) is 0 Å². The summed E-state index contributed by atoms with van der Waals surface area (Å²) in [5.74, 6) is -1.41. The second-order valence-corrected chi connectivity index (χ2v) is 10.0. The highest BCUT2D eigenvalue weighted by Crippen LogP contribution is 2.31. The molecule has 1 amide bonds. The number of aryl methyl sites for hydroxylation is 1. The fraction of sp³-hybridized carbons (Fsp3) is 0.227. The van der Waals surface area contributed by atoms with E-state index in [0.717, 1.165) is 17.3 Å². The second-order valence-electron chi connectivity index (χ2n) is 7.60. The second kappa shape index (κ2) is 9.24. The Morgan fingerprint density at radius 3 is 2.67 bits per heavy atom. The van der Waals surface area contributed by atoms with Crippen molar-refractivity contribution in [2.75, 3.05) is 10.6 Å². The van der Waals surface area contributed by atoms with Gasteiger partial charge in [-0.15, -0.1) is 0 Å². The molecule has 11 heteroatoms. The van der Waals surface area contributed by atoms with Crippen LogP contribution in [0.15, 0.2) is 58.3 Å². The van der Waals surface area contributed by atoms with Crippen molar-refractivity contribution < 1.29 is 27.5 Å². The maximum Gasteiger partial charge on any atom is 0.317 e. The lowest BCUT2D eigenvalue weighted by atomic mass is 10.0. The van der Waals surface area contributed by atoms with Gasteiger partial charge in [0.2, 0.25) is 5.91 Å². The summed E-state index contributed by atoms with van der Waals surface area (Å²) < 4.78 is 31.0. The van der Waals surface area contributed by atoms with Crippen molar-refractivity contribution in [3.05, 3.63) is 70.6 Å². The van der Waals surface area contributed by atoms with Crippen molar-refractivity contribution in [2.45, 2.75) is 36.3 Å². The van der Waals surface area contributed by atoms with Crippen LogP contribution < -0.4 is 10.6 Å². The van der Waals surface area contributed by atoms with Crippen molar-refractivity contribution >= 4 is 44.7 Å². The van der Waals surface area contributed by atoms with Gasteiger partial charge in [0.05, 0.1) is 12.6 Å². The maximum absolute atomic E-state index is 12.9. The fourth-order valence-corrected chi connectivity index (χ4v) is 5.04. The molecule has 0 fully saturated rings. The minimum atomic E-state index is -3.98. The van der Waals surface area contributed by atoms with Crippen molar-refractivity contribution in [3.8, 4) is 0 Å². The van der Waals surface area contributed by atoms with E-state index in [2.05, 4.69) is 15.6 Å². The number of fused-ring (bicyclic) bond motifs is 1. The molecular weight excluding hydrogens is 470 g/mol. The lowest BCUT2D eigenvalue weighted by Gasteiger charge is -2.26. The molecule has 3 aromatic rings. The molecule has 1 aliphatic rings. The lowest BCUT2D eigenvalue weighted by molar-refractivity contribution is -0.136. The maximum atomic E-state index is 12.9. The number of aromatic nitrogens is 1. The summed E-state index contributed by atoms with van der Waals surface area (Å²) in [5.41, 5.74) is 2.83. The van der Waals surface area contributed by atoms with E-state index >= 15 is 0 Å². The van der Waals surface area contributed by atoms with Gasteiger partial charge in [-0.1, -0.05) is 29.8 Å². The van der Waals surface area contributed by atoms with Crippen LogP contribution in [-0.4, -0.2) is 35.8 Å². The van der Waals surface area contributed by atoms with Crippen LogP contribution in [0.5, 0.6) is 0 Å². The van der Waals surface area contributed by atoms with Gasteiger partial charge in [0.1, 0.15) is 17.6 Å². The summed E-state index contributed by atoms with van der Waals surface area (Å²) in [4.78, 5) is 27.0. The summed E-state index contributed by atoms with van der Waals surface area (Å²) in [7, 11) is -3.98. The molecule has 0 spiro atoms. The molecular formula is C22H20ClN3O6S. The Kier molecular flexibility index (Phi) is 6.39. The largest absolute Gasteiger partial charge is 0.481 e. The molecule has 0 bridgehead atoms. The number of sulfone groups is 1. The molecule has 1 aliphatic heterocycles. The van der Waals surface area contributed by atoms with Crippen LogP contribution in [0.1, 0.15) is 23.3 Å². The first-order valence-corrected chi connectivity index (χ1v) is 12.0. The van der Waals surface area contributed by atoms with Crippen molar-refractivity contribution in [1.29, 1.82) is 0 Å². The van der Waals surface area contributed by atoms with Gasteiger partial charge in [-0.2, -0.15) is 0 Å². The van der Waals surface area contributed by atoms with Crippen LogP contribution >= 0.6 is 11.6 Å².